The first-order valence-corrected chi connectivity index (χ1v) is 45.7. The molecule has 17 nitrogen and oxygen atoms in total. The van der Waals surface area contributed by atoms with Crippen molar-refractivity contribution in [1.29, 1.82) is 0 Å². The topological polar surface area (TPSA) is 237 Å². The lowest BCUT2D eigenvalue weighted by atomic mass is 9.99. The van der Waals surface area contributed by atoms with Gasteiger partial charge in [0.2, 0.25) is 0 Å². The molecule has 0 aliphatic heterocycles. The highest BCUT2D eigenvalue weighted by Gasteiger charge is 2.30. The molecule has 0 amide bonds. The van der Waals surface area contributed by atoms with Crippen molar-refractivity contribution in [3.8, 4) is 0 Å². The molecule has 0 saturated heterocycles. The molecule has 0 bridgehead atoms. The predicted molar refractivity (Wildman–Crippen MR) is 418 cm³/mol. The molecule has 3 N–H and O–H groups in total. The molecule has 0 saturated carbocycles. The molecule has 0 aromatic rings. The van der Waals surface area contributed by atoms with Crippen molar-refractivity contribution in [1.82, 2.24) is 0 Å². The van der Waals surface area contributed by atoms with Crippen molar-refractivity contribution in [2.75, 3.05) is 39.6 Å². The minimum Gasteiger partial charge on any atom is -0.462 e. The number of hydrogen-bond donors (Lipinski definition) is 3. The van der Waals surface area contributed by atoms with Crippen molar-refractivity contribution in [2.24, 2.45) is 23.7 Å². The van der Waals surface area contributed by atoms with Crippen LogP contribution < -0.4 is 0 Å². The summed E-state index contributed by atoms with van der Waals surface area (Å²) in [5.41, 5.74) is 0. The molecule has 0 aromatic carbocycles. The normalized spacial score (nSPS) is 14.3. The number of carbonyl (C=O) groups is 4. The van der Waals surface area contributed by atoms with Crippen LogP contribution >= 0.6 is 15.6 Å². The Balaban J connectivity index is 5.11. The van der Waals surface area contributed by atoms with E-state index >= 15 is 0 Å². The summed E-state index contributed by atoms with van der Waals surface area (Å²) in [7, 11) is -9.92. The van der Waals surface area contributed by atoms with Gasteiger partial charge in [-0.25, -0.2) is 9.13 Å². The molecular formula is C83H162O17P2. The first-order chi connectivity index (χ1) is 49.1. The van der Waals surface area contributed by atoms with Crippen molar-refractivity contribution in [3.63, 3.8) is 0 Å². The number of unbranched alkanes of at least 4 members (excludes halogenated alkanes) is 45. The molecule has 0 radical (unpaired) electrons. The number of ether oxygens (including phenoxy) is 4. The minimum absolute atomic E-state index is 0.107. The summed E-state index contributed by atoms with van der Waals surface area (Å²) in [5, 5.41) is 10.6. The third kappa shape index (κ3) is 74.9. The Bertz CT molecular complexity index is 1990. The Morgan fingerprint density at radius 1 is 0.275 bits per heavy atom. The van der Waals surface area contributed by atoms with Gasteiger partial charge in [0.1, 0.15) is 19.3 Å². The van der Waals surface area contributed by atoms with E-state index in [1.807, 2.05) is 0 Å². The average Bonchev–Trinajstić information content (AvgIpc) is 0.920. The fourth-order valence-electron chi connectivity index (χ4n) is 12.8. The lowest BCUT2D eigenvalue weighted by Gasteiger charge is -2.21. The third-order valence-corrected chi connectivity index (χ3v) is 21.6. The molecule has 19 heteroatoms. The Morgan fingerprint density at radius 2 is 0.471 bits per heavy atom. The van der Waals surface area contributed by atoms with E-state index < -0.39 is 97.5 Å². The van der Waals surface area contributed by atoms with E-state index in [1.165, 1.54) is 218 Å². The van der Waals surface area contributed by atoms with Crippen molar-refractivity contribution in [3.05, 3.63) is 0 Å². The van der Waals surface area contributed by atoms with E-state index in [2.05, 4.69) is 55.4 Å². The molecule has 0 aliphatic rings. The maximum absolute atomic E-state index is 13.1. The van der Waals surface area contributed by atoms with Crippen LogP contribution in [0.3, 0.4) is 0 Å². The number of hydrogen-bond acceptors (Lipinski definition) is 15. The Kier molecular flexibility index (Phi) is 70.6. The summed E-state index contributed by atoms with van der Waals surface area (Å²) < 4.78 is 68.7. The fraction of sp³-hybridized carbons (Fsp3) is 0.952. The molecule has 606 valence electrons. The van der Waals surface area contributed by atoms with Crippen LogP contribution in [0.2, 0.25) is 0 Å². The summed E-state index contributed by atoms with van der Waals surface area (Å²) >= 11 is 0. The van der Waals surface area contributed by atoms with Gasteiger partial charge < -0.3 is 33.8 Å². The van der Waals surface area contributed by atoms with Crippen LogP contribution in [-0.2, 0) is 65.4 Å². The molecule has 102 heavy (non-hydrogen) atoms. The van der Waals surface area contributed by atoms with Gasteiger partial charge >= 0.3 is 39.5 Å². The van der Waals surface area contributed by atoms with Crippen molar-refractivity contribution in [2.45, 2.75) is 446 Å². The van der Waals surface area contributed by atoms with Crippen LogP contribution in [-0.4, -0.2) is 96.7 Å². The average molecular weight is 1490 g/mol. The summed E-state index contributed by atoms with van der Waals surface area (Å²) in [5.74, 6) is 0.959. The van der Waals surface area contributed by atoms with E-state index in [-0.39, 0.29) is 25.7 Å². The van der Waals surface area contributed by atoms with Gasteiger partial charge in [0.05, 0.1) is 26.4 Å². The van der Waals surface area contributed by atoms with E-state index in [4.69, 9.17) is 37.0 Å². The third-order valence-electron chi connectivity index (χ3n) is 19.7. The van der Waals surface area contributed by atoms with Gasteiger partial charge in [-0.1, -0.05) is 376 Å². The molecule has 6 atom stereocenters. The van der Waals surface area contributed by atoms with Crippen molar-refractivity contribution >= 4 is 39.5 Å². The second kappa shape index (κ2) is 72.0. The Labute approximate surface area is 626 Å². The number of phosphoric ester groups is 2. The lowest BCUT2D eigenvalue weighted by Crippen LogP contribution is -2.30. The number of phosphoric acid groups is 2. The zero-order valence-corrected chi connectivity index (χ0v) is 69.0. The molecule has 4 unspecified atom stereocenters. The van der Waals surface area contributed by atoms with Crippen molar-refractivity contribution < 1.29 is 80.2 Å². The second-order valence-electron chi connectivity index (χ2n) is 31.5. The summed E-state index contributed by atoms with van der Waals surface area (Å²) in [6.07, 6.45) is 60.1. The van der Waals surface area contributed by atoms with Crippen LogP contribution in [0.4, 0.5) is 0 Å². The van der Waals surface area contributed by atoms with Gasteiger partial charge in [0.15, 0.2) is 12.2 Å². The number of rotatable bonds is 80. The van der Waals surface area contributed by atoms with E-state index in [0.717, 1.165) is 115 Å². The summed E-state index contributed by atoms with van der Waals surface area (Å²) in [6.45, 7) is 14.2. The van der Waals surface area contributed by atoms with Gasteiger partial charge in [0.25, 0.3) is 0 Å². The number of aliphatic hydroxyl groups is 1. The highest BCUT2D eigenvalue weighted by atomic mass is 31.2. The quantitative estimate of drug-likeness (QED) is 0.0222. The largest absolute Gasteiger partial charge is 0.472 e. The zero-order valence-electron chi connectivity index (χ0n) is 67.2. The van der Waals surface area contributed by atoms with Gasteiger partial charge in [0, 0.05) is 25.7 Å². The monoisotopic (exact) mass is 1490 g/mol. The van der Waals surface area contributed by atoms with Gasteiger partial charge in [-0.05, 0) is 49.4 Å². The molecule has 0 aromatic heterocycles. The highest BCUT2D eigenvalue weighted by Crippen LogP contribution is 2.45. The van der Waals surface area contributed by atoms with E-state index in [0.29, 0.717) is 37.5 Å². The summed E-state index contributed by atoms with van der Waals surface area (Å²) in [4.78, 5) is 72.9. The van der Waals surface area contributed by atoms with Crippen LogP contribution in [0.5, 0.6) is 0 Å². The Hall–Kier alpha value is -1.94. The number of esters is 4. The number of carbonyl (C=O) groups excluding carboxylic acids is 4. The molecule has 0 spiro atoms. The van der Waals surface area contributed by atoms with Gasteiger partial charge in [-0.3, -0.25) is 37.3 Å². The summed E-state index contributed by atoms with van der Waals surface area (Å²) in [6, 6.07) is 0. The minimum atomic E-state index is -4.96. The lowest BCUT2D eigenvalue weighted by molar-refractivity contribution is -0.161. The predicted octanol–water partition coefficient (Wildman–Crippen LogP) is 24.8. The molecule has 0 fully saturated rings. The smallest absolute Gasteiger partial charge is 0.462 e. The number of aliphatic hydroxyl groups excluding tert-OH is 1. The van der Waals surface area contributed by atoms with Gasteiger partial charge in [-0.2, -0.15) is 0 Å². The first-order valence-electron chi connectivity index (χ1n) is 42.7. The van der Waals surface area contributed by atoms with E-state index in [1.54, 1.807) is 0 Å². The highest BCUT2D eigenvalue weighted by molar-refractivity contribution is 7.47. The first kappa shape index (κ1) is 100. The maximum Gasteiger partial charge on any atom is 0.472 e. The van der Waals surface area contributed by atoms with Crippen LogP contribution in [0.25, 0.3) is 0 Å². The molecular weight excluding hydrogens is 1330 g/mol. The SMILES string of the molecule is CCC(C)CCCCCCCCCCCCCCCCCCCCC(=O)O[C@H](COC(=O)CCCCCCCCC(C)C)COP(=O)(O)OCC(O)COP(=O)(O)OC[C@@H](COC(=O)CCCCCCCCCC(C)C)OC(=O)CCCCCCCCCCCCCCCCCCCCC(C)C. The van der Waals surface area contributed by atoms with E-state index in [9.17, 15) is 43.2 Å². The van der Waals surface area contributed by atoms with Gasteiger partial charge in [-0.15, -0.1) is 0 Å². The molecule has 0 aliphatic carbocycles. The Morgan fingerprint density at radius 3 is 0.696 bits per heavy atom. The fourth-order valence-corrected chi connectivity index (χ4v) is 14.3. The van der Waals surface area contributed by atoms with Crippen LogP contribution in [0.1, 0.15) is 428 Å². The standard InChI is InChI=1S/C83H162O17P2/c1-9-76(8)62-54-46-37-31-27-23-19-15-11-13-17-21-25-29-33-39-50-58-66-83(88)100-79(70-94-81(86)64-56-48-42-41-45-53-61-75(6)7)72-98-102(91,92)96-68-77(84)67-95-101(89,90)97-71-78(69-93-80(85)63-55-47-40-34-36-44-52-60-74(4)5)99-82(87)65-57-49-38-32-28-24-20-16-12-10-14-18-22-26-30-35-43-51-59-73(2)3/h73-79,84H,9-72H2,1-8H3,(H,89,90)(H,91,92)/t76?,77?,78-,79-/m1/s1. The van der Waals surface area contributed by atoms with Crippen LogP contribution in [0, 0.1) is 23.7 Å². The second-order valence-corrected chi connectivity index (χ2v) is 34.4. The maximum atomic E-state index is 13.1. The van der Waals surface area contributed by atoms with Crippen LogP contribution in [0.15, 0.2) is 0 Å². The zero-order chi connectivity index (χ0) is 75.3. The molecule has 0 heterocycles. The molecule has 0 rings (SSSR count).